The number of nitrogens with two attached hydrogens (primary N) is 1. The second kappa shape index (κ2) is 12.3. The minimum Gasteiger partial charge on any atom is -0.494 e. The number of aromatic nitrogens is 3. The number of rotatable bonds is 8. The number of amides is 2. The van der Waals surface area contributed by atoms with E-state index in [-0.39, 0.29) is 36.2 Å². The number of carbonyl (C=O) groups excluding carboxylic acids is 2. The Hall–Kier alpha value is -3.96. The Morgan fingerprint density at radius 1 is 1.00 bits per heavy atom. The molecule has 0 bridgehead atoms. The van der Waals surface area contributed by atoms with Crippen molar-refractivity contribution in [3.63, 3.8) is 0 Å². The zero-order valence-corrected chi connectivity index (χ0v) is 26.9. The smallest absolute Gasteiger partial charge is 0.255 e. The standard InChI is InChI=1S/C35H43FN6O4/c1-21-32(38-42-18-25(15-30(46-3)33(21)42)35(44)40-10-4-5-27(37)19-40)29-14-24-13-26(36)16-28(34(24)41(29)17-22-6-7-22)23-8-11-39(12-9-23)31(43)20-45-2/h13-16,18,22-23,27H,4-12,17,19-20,37H2,1-3H3. The van der Waals surface area contributed by atoms with Crippen LogP contribution >= 0.6 is 0 Å². The first-order valence-electron chi connectivity index (χ1n) is 16.5. The van der Waals surface area contributed by atoms with Crippen molar-refractivity contribution < 1.29 is 23.5 Å². The number of pyridine rings is 1. The van der Waals surface area contributed by atoms with Crippen LogP contribution in [0.25, 0.3) is 27.8 Å². The molecule has 7 rings (SSSR count). The van der Waals surface area contributed by atoms with Crippen molar-refractivity contribution in [1.29, 1.82) is 0 Å². The zero-order chi connectivity index (χ0) is 32.1. The molecule has 0 radical (unpaired) electrons. The molecule has 3 aromatic heterocycles. The van der Waals surface area contributed by atoms with Crippen molar-refractivity contribution in [1.82, 2.24) is 24.0 Å². The van der Waals surface area contributed by atoms with Crippen LogP contribution in [0.15, 0.2) is 30.5 Å². The number of aryl methyl sites for hydroxylation is 1. The fraction of sp³-hybridized carbons (Fsp3) is 0.514. The first-order valence-corrected chi connectivity index (χ1v) is 16.5. The van der Waals surface area contributed by atoms with Crippen LogP contribution in [0.3, 0.4) is 0 Å². The lowest BCUT2D eigenvalue weighted by atomic mass is 9.88. The largest absolute Gasteiger partial charge is 0.494 e. The molecule has 2 saturated heterocycles. The molecule has 244 valence electrons. The van der Waals surface area contributed by atoms with Gasteiger partial charge >= 0.3 is 0 Å². The fourth-order valence-electron chi connectivity index (χ4n) is 7.50. The summed E-state index contributed by atoms with van der Waals surface area (Å²) < 4.78 is 30.2. The molecule has 46 heavy (non-hydrogen) atoms. The van der Waals surface area contributed by atoms with E-state index in [0.29, 0.717) is 43.4 Å². The molecule has 4 aromatic rings. The number of hydrogen-bond donors (Lipinski definition) is 1. The van der Waals surface area contributed by atoms with Crippen molar-refractivity contribution in [3.05, 3.63) is 53.0 Å². The molecule has 10 nitrogen and oxygen atoms in total. The summed E-state index contributed by atoms with van der Waals surface area (Å²) >= 11 is 0. The predicted octanol–water partition coefficient (Wildman–Crippen LogP) is 4.74. The normalized spacial score (nSPS) is 19.4. The van der Waals surface area contributed by atoms with Gasteiger partial charge in [0.05, 0.1) is 23.9 Å². The number of methoxy groups -OCH3 is 2. The van der Waals surface area contributed by atoms with E-state index >= 15 is 4.39 Å². The number of nitrogens with zero attached hydrogens (tertiary/aromatic N) is 5. The van der Waals surface area contributed by atoms with Crippen molar-refractivity contribution >= 4 is 28.2 Å². The van der Waals surface area contributed by atoms with Crippen molar-refractivity contribution in [2.24, 2.45) is 11.7 Å². The van der Waals surface area contributed by atoms with Crippen LogP contribution in [0.5, 0.6) is 5.75 Å². The minimum atomic E-state index is -0.260. The highest BCUT2D eigenvalue weighted by Crippen LogP contribution is 2.42. The fourth-order valence-corrected chi connectivity index (χ4v) is 7.50. The molecule has 2 N–H and O–H groups in total. The highest BCUT2D eigenvalue weighted by Gasteiger charge is 2.31. The van der Waals surface area contributed by atoms with Gasteiger partial charge in [-0.25, -0.2) is 8.91 Å². The van der Waals surface area contributed by atoms with E-state index in [1.54, 1.807) is 36.0 Å². The van der Waals surface area contributed by atoms with Crippen LogP contribution in [0.4, 0.5) is 4.39 Å². The maximum Gasteiger partial charge on any atom is 0.255 e. The van der Waals surface area contributed by atoms with Gasteiger partial charge in [-0.3, -0.25) is 9.59 Å². The van der Waals surface area contributed by atoms with Crippen LogP contribution < -0.4 is 10.5 Å². The number of piperidine rings is 2. The van der Waals surface area contributed by atoms with Gasteiger partial charge in [0, 0.05) is 63.0 Å². The average Bonchev–Trinajstić information content (AvgIpc) is 3.73. The molecule has 11 heteroatoms. The monoisotopic (exact) mass is 630 g/mol. The summed E-state index contributed by atoms with van der Waals surface area (Å²) in [5.41, 5.74) is 12.2. The van der Waals surface area contributed by atoms with Crippen molar-refractivity contribution in [2.75, 3.05) is 47.0 Å². The quantitative estimate of drug-likeness (QED) is 0.302. The van der Waals surface area contributed by atoms with Gasteiger partial charge in [-0.15, -0.1) is 0 Å². The molecular weight excluding hydrogens is 587 g/mol. The summed E-state index contributed by atoms with van der Waals surface area (Å²) in [4.78, 5) is 29.6. The molecule has 2 amide bonds. The van der Waals surface area contributed by atoms with Crippen LogP contribution in [0, 0.1) is 18.7 Å². The third-order valence-corrected chi connectivity index (χ3v) is 10.1. The van der Waals surface area contributed by atoms with E-state index < -0.39 is 0 Å². The van der Waals surface area contributed by atoms with Gasteiger partial charge in [-0.1, -0.05) is 0 Å². The average molecular weight is 631 g/mol. The Morgan fingerprint density at radius 2 is 1.78 bits per heavy atom. The van der Waals surface area contributed by atoms with Gasteiger partial charge in [0.15, 0.2) is 0 Å². The number of fused-ring (bicyclic) bond motifs is 2. The first-order chi connectivity index (χ1) is 22.2. The lowest BCUT2D eigenvalue weighted by Gasteiger charge is -2.32. The molecule has 1 unspecified atom stereocenters. The third-order valence-electron chi connectivity index (χ3n) is 10.1. The Kier molecular flexibility index (Phi) is 8.23. The van der Waals surface area contributed by atoms with E-state index in [2.05, 4.69) is 10.6 Å². The highest BCUT2D eigenvalue weighted by atomic mass is 19.1. The maximum atomic E-state index is 15.2. The SMILES string of the molecule is COCC(=O)N1CCC(c2cc(F)cc3cc(-c4nn5cc(C(=O)N6CCCC(N)C6)cc(OC)c5c4C)n(CC4CC4)c23)CC1. The molecule has 1 aliphatic carbocycles. The summed E-state index contributed by atoms with van der Waals surface area (Å²) in [5, 5.41) is 5.91. The lowest BCUT2D eigenvalue weighted by molar-refractivity contribution is -0.136. The van der Waals surface area contributed by atoms with Gasteiger partial charge in [-0.05, 0) is 87.1 Å². The van der Waals surface area contributed by atoms with E-state index in [1.807, 2.05) is 16.7 Å². The summed E-state index contributed by atoms with van der Waals surface area (Å²) in [5.74, 6) is 0.922. The van der Waals surface area contributed by atoms with E-state index in [4.69, 9.17) is 20.3 Å². The van der Waals surface area contributed by atoms with E-state index in [1.165, 1.54) is 20.0 Å². The summed E-state index contributed by atoms with van der Waals surface area (Å²) in [6, 6.07) is 7.15. The Bertz CT molecular complexity index is 1800. The summed E-state index contributed by atoms with van der Waals surface area (Å²) in [6.07, 6.45) is 7.45. The number of likely N-dealkylation sites (tertiary alicyclic amines) is 2. The van der Waals surface area contributed by atoms with Crippen LogP contribution in [0.2, 0.25) is 0 Å². The van der Waals surface area contributed by atoms with E-state index in [0.717, 1.165) is 71.2 Å². The van der Waals surface area contributed by atoms with Gasteiger partial charge < -0.3 is 29.6 Å². The first kappa shape index (κ1) is 30.7. The number of hydrogen-bond acceptors (Lipinski definition) is 6. The molecule has 3 aliphatic rings. The van der Waals surface area contributed by atoms with Crippen molar-refractivity contribution in [3.8, 4) is 17.1 Å². The van der Waals surface area contributed by atoms with Crippen molar-refractivity contribution in [2.45, 2.75) is 64.0 Å². The van der Waals surface area contributed by atoms with Gasteiger partial charge in [0.1, 0.15) is 29.4 Å². The topological polar surface area (TPSA) is 107 Å². The molecule has 1 saturated carbocycles. The maximum absolute atomic E-state index is 15.2. The highest BCUT2D eigenvalue weighted by molar-refractivity contribution is 5.96. The number of ether oxygens (including phenoxy) is 2. The molecule has 5 heterocycles. The van der Waals surface area contributed by atoms with Gasteiger partial charge in [-0.2, -0.15) is 5.10 Å². The lowest BCUT2D eigenvalue weighted by Crippen LogP contribution is -2.45. The van der Waals surface area contributed by atoms with Gasteiger partial charge in [0.2, 0.25) is 5.91 Å². The van der Waals surface area contributed by atoms with Crippen LogP contribution in [-0.2, 0) is 16.1 Å². The molecule has 3 fully saturated rings. The molecule has 0 spiro atoms. The van der Waals surface area contributed by atoms with Crippen LogP contribution in [-0.4, -0.2) is 88.8 Å². The Morgan fingerprint density at radius 3 is 2.48 bits per heavy atom. The molecule has 1 atom stereocenters. The second-order valence-electron chi connectivity index (χ2n) is 13.3. The Balaban J connectivity index is 1.31. The van der Waals surface area contributed by atoms with E-state index in [9.17, 15) is 9.59 Å². The number of halogens is 1. The number of carbonyl (C=O) groups is 2. The third kappa shape index (κ3) is 5.64. The number of benzene rings is 1. The predicted molar refractivity (Wildman–Crippen MR) is 174 cm³/mol. The molecule has 2 aliphatic heterocycles. The molecular formula is C35H43FN6O4. The Labute approximate surface area is 268 Å². The summed E-state index contributed by atoms with van der Waals surface area (Å²) in [6.45, 7) is 5.39. The van der Waals surface area contributed by atoms with Crippen LogP contribution in [0.1, 0.15) is 65.9 Å². The summed E-state index contributed by atoms with van der Waals surface area (Å²) in [7, 11) is 3.14. The minimum absolute atomic E-state index is 0.00755. The molecule has 1 aromatic carbocycles. The second-order valence-corrected chi connectivity index (χ2v) is 13.3. The zero-order valence-electron chi connectivity index (χ0n) is 26.9. The van der Waals surface area contributed by atoms with Gasteiger partial charge in [0.25, 0.3) is 5.91 Å².